The van der Waals surface area contributed by atoms with Crippen LogP contribution in [0.15, 0.2) is 24.5 Å². The zero-order chi connectivity index (χ0) is 9.56. The Kier molecular flexibility index (Phi) is 5.52. The zero-order valence-electron chi connectivity index (χ0n) is 8.38. The lowest BCUT2D eigenvalue weighted by Crippen LogP contribution is -2.11. The predicted octanol–water partition coefficient (Wildman–Crippen LogP) is 3.69. The van der Waals surface area contributed by atoms with Gasteiger partial charge in [0.25, 0.3) is 0 Å². The summed E-state index contributed by atoms with van der Waals surface area (Å²) in [4.78, 5) is 0. The van der Waals surface area contributed by atoms with E-state index in [1.54, 1.807) is 5.57 Å². The van der Waals surface area contributed by atoms with Crippen molar-refractivity contribution in [2.24, 2.45) is 11.8 Å². The first-order valence-corrected chi connectivity index (χ1v) is 4.52. The Morgan fingerprint density at radius 1 is 1.50 bits per heavy atom. The molecule has 0 saturated carbocycles. The highest BCUT2D eigenvalue weighted by Gasteiger charge is 2.15. The van der Waals surface area contributed by atoms with Gasteiger partial charge in [-0.2, -0.15) is 0 Å². The number of rotatable bonds is 0. The lowest BCUT2D eigenvalue weighted by atomic mass is 9.83. The molecule has 0 aromatic carbocycles. The summed E-state index contributed by atoms with van der Waals surface area (Å²) in [5.41, 5.74) is 1.58. The van der Waals surface area contributed by atoms with Crippen molar-refractivity contribution >= 4 is 0 Å². The second-order valence-corrected chi connectivity index (χ2v) is 3.63. The maximum atomic E-state index is 7.33. The topological polar surface area (TPSA) is 20.2 Å². The van der Waals surface area contributed by atoms with Crippen LogP contribution in [0.3, 0.4) is 0 Å². The number of hydrogen-bond acceptors (Lipinski definition) is 1. The van der Waals surface area contributed by atoms with Crippen molar-refractivity contribution < 1.29 is 5.11 Å². The molecule has 2 atom stereocenters. The summed E-state index contributed by atoms with van der Waals surface area (Å²) in [5, 5.41) is 7.33. The third kappa shape index (κ3) is 4.22. The van der Waals surface area contributed by atoms with Crippen molar-refractivity contribution in [3.8, 4) is 0 Å². The van der Waals surface area contributed by atoms with Crippen LogP contribution in [0.25, 0.3) is 0 Å². The molecule has 0 amide bonds. The molecule has 12 heavy (non-hydrogen) atoms. The zero-order valence-corrected chi connectivity index (χ0v) is 8.38. The van der Waals surface area contributed by atoms with Crippen molar-refractivity contribution in [1.29, 1.82) is 0 Å². The first-order valence-electron chi connectivity index (χ1n) is 4.52. The molecule has 1 N–H and O–H groups in total. The minimum Gasteiger partial charge on any atom is -0.516 e. The Hall–Kier alpha value is -0.720. The SMILES string of the molecule is C=CO.CC1=CCC(C)C(C)C1. The Bertz CT molecular complexity index is 158. The van der Waals surface area contributed by atoms with Crippen LogP contribution < -0.4 is 0 Å². The van der Waals surface area contributed by atoms with Crippen LogP contribution in [0.2, 0.25) is 0 Å². The summed E-state index contributed by atoms with van der Waals surface area (Å²) in [6.45, 7) is 9.84. The third-order valence-electron chi connectivity index (χ3n) is 2.45. The molecule has 0 heterocycles. The molecule has 0 spiro atoms. The normalized spacial score (nSPS) is 28.1. The standard InChI is InChI=1S/C9H16.C2H4O/c1-7-4-5-8(2)9(3)6-7;1-2-3/h4,8-9H,5-6H2,1-3H3;2-3H,1H2. The molecule has 70 valence electrons. The van der Waals surface area contributed by atoms with Crippen molar-refractivity contribution in [2.45, 2.75) is 33.6 Å². The second-order valence-electron chi connectivity index (χ2n) is 3.63. The molecule has 0 fully saturated rings. The van der Waals surface area contributed by atoms with Crippen LogP contribution in [-0.2, 0) is 0 Å². The summed E-state index contributed by atoms with van der Waals surface area (Å²) in [5.74, 6) is 1.82. The van der Waals surface area contributed by atoms with E-state index in [0.717, 1.165) is 18.1 Å². The fourth-order valence-corrected chi connectivity index (χ4v) is 1.41. The van der Waals surface area contributed by atoms with E-state index < -0.39 is 0 Å². The minimum atomic E-state index is 0.750. The first-order chi connectivity index (χ1) is 5.61. The summed E-state index contributed by atoms with van der Waals surface area (Å²) in [7, 11) is 0. The predicted molar refractivity (Wildman–Crippen MR) is 54.1 cm³/mol. The van der Waals surface area contributed by atoms with Crippen LogP contribution in [-0.4, -0.2) is 5.11 Å². The van der Waals surface area contributed by atoms with Crippen LogP contribution >= 0.6 is 0 Å². The highest BCUT2D eigenvalue weighted by molar-refractivity contribution is 5.04. The van der Waals surface area contributed by atoms with E-state index in [9.17, 15) is 0 Å². The molecule has 0 radical (unpaired) electrons. The largest absolute Gasteiger partial charge is 0.516 e. The Morgan fingerprint density at radius 2 is 2.00 bits per heavy atom. The fraction of sp³-hybridized carbons (Fsp3) is 0.636. The van der Waals surface area contributed by atoms with E-state index in [1.807, 2.05) is 0 Å². The van der Waals surface area contributed by atoms with E-state index in [4.69, 9.17) is 5.11 Å². The number of aliphatic hydroxyl groups excluding tert-OH is 1. The van der Waals surface area contributed by atoms with Gasteiger partial charge in [-0.25, -0.2) is 0 Å². The molecule has 0 saturated heterocycles. The lowest BCUT2D eigenvalue weighted by molar-refractivity contribution is 0.369. The van der Waals surface area contributed by atoms with Gasteiger partial charge in [0.15, 0.2) is 0 Å². The smallest absolute Gasteiger partial charge is 0.0719 e. The maximum Gasteiger partial charge on any atom is 0.0719 e. The van der Waals surface area contributed by atoms with Crippen LogP contribution in [0.4, 0.5) is 0 Å². The molecule has 1 heteroatoms. The molecule has 1 aliphatic carbocycles. The van der Waals surface area contributed by atoms with Gasteiger partial charge in [-0.1, -0.05) is 32.1 Å². The number of allylic oxidation sites excluding steroid dienone is 2. The third-order valence-corrected chi connectivity index (χ3v) is 2.45. The molecule has 1 aliphatic rings. The quantitative estimate of drug-likeness (QED) is 0.432. The molecule has 1 nitrogen and oxygen atoms in total. The van der Waals surface area contributed by atoms with Gasteiger partial charge in [0.2, 0.25) is 0 Å². The first kappa shape index (κ1) is 11.3. The van der Waals surface area contributed by atoms with Crippen molar-refractivity contribution in [1.82, 2.24) is 0 Å². The number of aliphatic hydroxyl groups is 1. The molecule has 0 aliphatic heterocycles. The van der Waals surface area contributed by atoms with Crippen LogP contribution in [0, 0.1) is 11.8 Å². The minimum absolute atomic E-state index is 0.750. The van der Waals surface area contributed by atoms with E-state index >= 15 is 0 Å². The average Bonchev–Trinajstić information content (AvgIpc) is 1.99. The average molecular weight is 168 g/mol. The fourth-order valence-electron chi connectivity index (χ4n) is 1.41. The van der Waals surface area contributed by atoms with Crippen LogP contribution in [0.5, 0.6) is 0 Å². The molecule has 0 aromatic rings. The van der Waals surface area contributed by atoms with Crippen LogP contribution in [0.1, 0.15) is 33.6 Å². The van der Waals surface area contributed by atoms with Gasteiger partial charge in [-0.15, -0.1) is 0 Å². The van der Waals surface area contributed by atoms with E-state index in [1.165, 1.54) is 12.8 Å². The van der Waals surface area contributed by atoms with Gasteiger partial charge in [0.1, 0.15) is 0 Å². The highest BCUT2D eigenvalue weighted by Crippen LogP contribution is 2.27. The summed E-state index contributed by atoms with van der Waals surface area (Å²) >= 11 is 0. The Morgan fingerprint density at radius 3 is 2.33 bits per heavy atom. The van der Waals surface area contributed by atoms with Crippen molar-refractivity contribution in [3.05, 3.63) is 24.5 Å². The second kappa shape index (κ2) is 5.87. The molecule has 1 rings (SSSR count). The molecule has 0 bridgehead atoms. The summed E-state index contributed by atoms with van der Waals surface area (Å²) in [6.07, 6.45) is 5.75. The number of hydrogen-bond donors (Lipinski definition) is 1. The Labute approximate surface area is 75.8 Å². The van der Waals surface area contributed by atoms with Crippen molar-refractivity contribution in [3.63, 3.8) is 0 Å². The monoisotopic (exact) mass is 168 g/mol. The van der Waals surface area contributed by atoms with E-state index in [-0.39, 0.29) is 0 Å². The summed E-state index contributed by atoms with van der Waals surface area (Å²) in [6, 6.07) is 0. The van der Waals surface area contributed by atoms with Gasteiger partial charge < -0.3 is 5.11 Å². The van der Waals surface area contributed by atoms with Gasteiger partial charge in [0.05, 0.1) is 6.26 Å². The van der Waals surface area contributed by atoms with Crippen molar-refractivity contribution in [2.75, 3.05) is 0 Å². The Balaban J connectivity index is 0.000000354. The van der Waals surface area contributed by atoms with Gasteiger partial charge in [-0.05, 0) is 31.6 Å². The van der Waals surface area contributed by atoms with E-state index in [2.05, 4.69) is 33.4 Å². The molecular formula is C11H20O. The molecule has 0 aromatic heterocycles. The maximum absolute atomic E-state index is 7.33. The highest BCUT2D eigenvalue weighted by atomic mass is 16.2. The lowest BCUT2D eigenvalue weighted by Gasteiger charge is -2.23. The van der Waals surface area contributed by atoms with Gasteiger partial charge in [-0.3, -0.25) is 0 Å². The molecule has 2 unspecified atom stereocenters. The van der Waals surface area contributed by atoms with E-state index in [0.29, 0.717) is 0 Å². The summed E-state index contributed by atoms with van der Waals surface area (Å²) < 4.78 is 0. The molecular weight excluding hydrogens is 148 g/mol. The van der Waals surface area contributed by atoms with Gasteiger partial charge >= 0.3 is 0 Å². The van der Waals surface area contributed by atoms with Gasteiger partial charge in [0, 0.05) is 0 Å².